The van der Waals surface area contributed by atoms with Gasteiger partial charge in [0.15, 0.2) is 23.0 Å². The second-order valence-corrected chi connectivity index (χ2v) is 6.67. The van der Waals surface area contributed by atoms with E-state index in [9.17, 15) is 30.0 Å². The summed E-state index contributed by atoms with van der Waals surface area (Å²) in [6.07, 6.45) is 2.91. The molecule has 0 atom stereocenters. The third-order valence-corrected chi connectivity index (χ3v) is 4.40. The molecule has 0 unspecified atom stereocenters. The molecule has 6 N–H and O–H groups in total. The van der Waals surface area contributed by atoms with E-state index in [1.807, 2.05) is 0 Å². The van der Waals surface area contributed by atoms with Gasteiger partial charge in [-0.2, -0.15) is 0 Å². The molecule has 10 nitrogen and oxygen atoms in total. The van der Waals surface area contributed by atoms with Crippen LogP contribution in [0.3, 0.4) is 0 Å². The number of phenolic OH excluding ortho intramolecular Hbond substituents is 4. The van der Waals surface area contributed by atoms with Crippen molar-refractivity contribution in [3.63, 3.8) is 0 Å². The summed E-state index contributed by atoms with van der Waals surface area (Å²) in [4.78, 5) is 28.1. The van der Waals surface area contributed by atoms with Crippen LogP contribution in [-0.2, 0) is 0 Å². The first-order valence-electron chi connectivity index (χ1n) is 9.34. The Labute approximate surface area is 178 Å². The number of rotatable bonds is 9. The van der Waals surface area contributed by atoms with Crippen LogP contribution in [0.4, 0.5) is 0 Å². The maximum Gasteiger partial charge on any atom is 0.260 e. The second-order valence-electron chi connectivity index (χ2n) is 6.67. The van der Waals surface area contributed by atoms with Gasteiger partial charge in [-0.25, -0.2) is 0 Å². The lowest BCUT2D eigenvalue weighted by Crippen LogP contribution is -2.46. The number of aliphatic hydroxyl groups excluding tert-OH is 1. The fraction of sp³-hybridized carbons (Fsp3) is 0.238. The predicted molar refractivity (Wildman–Crippen MR) is 112 cm³/mol. The Morgan fingerprint density at radius 3 is 2.03 bits per heavy atom. The summed E-state index contributed by atoms with van der Waals surface area (Å²) in [7, 11) is 1.41. The van der Waals surface area contributed by atoms with Gasteiger partial charge in [-0.1, -0.05) is 12.1 Å². The molecule has 0 saturated heterocycles. The highest BCUT2D eigenvalue weighted by Gasteiger charge is 2.25. The average molecular weight is 431 g/mol. The van der Waals surface area contributed by atoms with Crippen LogP contribution in [0.15, 0.2) is 48.7 Å². The third kappa shape index (κ3) is 5.80. The Bertz CT molecular complexity index is 962. The predicted octanol–water partition coefficient (Wildman–Crippen LogP) is 1.69. The lowest BCUT2D eigenvalue weighted by molar-refractivity contribution is 0.0555. The lowest BCUT2D eigenvalue weighted by Gasteiger charge is -2.29. The van der Waals surface area contributed by atoms with Gasteiger partial charge in [-0.05, 0) is 36.8 Å². The minimum atomic E-state index is -0.654. The summed E-state index contributed by atoms with van der Waals surface area (Å²) in [5.74, 6) is -3.36. The van der Waals surface area contributed by atoms with Gasteiger partial charge in [0.25, 0.3) is 11.8 Å². The monoisotopic (exact) mass is 431 g/mol. The molecule has 0 spiro atoms. The van der Waals surface area contributed by atoms with E-state index in [0.29, 0.717) is 13.0 Å². The van der Waals surface area contributed by atoms with Crippen molar-refractivity contribution < 1.29 is 35.1 Å². The molecule has 2 aromatic rings. The van der Waals surface area contributed by atoms with E-state index in [0.717, 1.165) is 11.2 Å². The first-order chi connectivity index (χ1) is 14.8. The molecule has 166 valence electrons. The van der Waals surface area contributed by atoms with Crippen LogP contribution in [0.1, 0.15) is 27.1 Å². The molecular formula is C21H25N3O7. The zero-order valence-electron chi connectivity index (χ0n) is 16.9. The molecule has 0 aliphatic carbocycles. The number of nitrogens with one attached hydrogen (secondary N) is 1. The van der Waals surface area contributed by atoms with Gasteiger partial charge in [0.2, 0.25) is 0 Å². The molecule has 0 fully saturated rings. The van der Waals surface area contributed by atoms with Crippen molar-refractivity contribution in [1.29, 1.82) is 0 Å². The van der Waals surface area contributed by atoms with Crippen LogP contribution in [-0.4, -0.2) is 74.1 Å². The molecular weight excluding hydrogens is 406 g/mol. The van der Waals surface area contributed by atoms with Crippen LogP contribution in [0.25, 0.3) is 0 Å². The number of nitrogens with zero attached hydrogens (tertiary/aromatic N) is 2. The number of hydrogen-bond acceptors (Lipinski definition) is 8. The summed E-state index contributed by atoms with van der Waals surface area (Å²) < 4.78 is 0. The van der Waals surface area contributed by atoms with Crippen molar-refractivity contribution in [3.8, 4) is 23.0 Å². The summed E-state index contributed by atoms with van der Waals surface area (Å²) in [5.41, 5.74) is -0.297. The van der Waals surface area contributed by atoms with Gasteiger partial charge >= 0.3 is 0 Å². The van der Waals surface area contributed by atoms with Gasteiger partial charge in [0.1, 0.15) is 0 Å². The number of carbonyl (C=O) groups excluding carboxylic acids is 2. The minimum absolute atomic E-state index is 0.0170. The molecule has 31 heavy (non-hydrogen) atoms. The van der Waals surface area contributed by atoms with Crippen molar-refractivity contribution >= 4 is 11.8 Å². The van der Waals surface area contributed by atoms with Gasteiger partial charge < -0.3 is 35.3 Å². The zero-order chi connectivity index (χ0) is 23.0. The van der Waals surface area contributed by atoms with E-state index in [4.69, 9.17) is 5.11 Å². The minimum Gasteiger partial charge on any atom is -0.516 e. The Morgan fingerprint density at radius 1 is 0.935 bits per heavy atom. The van der Waals surface area contributed by atoms with Crippen molar-refractivity contribution in [2.75, 3.05) is 26.9 Å². The molecule has 0 saturated carbocycles. The summed E-state index contributed by atoms with van der Waals surface area (Å²) in [5, 5.41) is 51.0. The van der Waals surface area contributed by atoms with Crippen molar-refractivity contribution in [2.24, 2.45) is 0 Å². The van der Waals surface area contributed by atoms with Crippen LogP contribution < -0.4 is 5.32 Å². The summed E-state index contributed by atoms with van der Waals surface area (Å²) in [6, 6.07) is 7.94. The van der Waals surface area contributed by atoms with Gasteiger partial charge in [0, 0.05) is 13.6 Å². The summed E-state index contributed by atoms with van der Waals surface area (Å²) >= 11 is 0. The number of hydrogen-bond donors (Lipinski definition) is 6. The van der Waals surface area contributed by atoms with Crippen molar-refractivity contribution in [3.05, 3.63) is 59.9 Å². The number of benzene rings is 2. The SMILES string of the molecule is CN(CN(CNCC/C=C/O)C(=O)c1cccc(O)c1O)C(=O)c1cccc(O)c1O. The number of para-hydroxylation sites is 2. The molecule has 10 heteroatoms. The van der Waals surface area contributed by atoms with E-state index in [2.05, 4.69) is 5.32 Å². The summed E-state index contributed by atoms with van der Waals surface area (Å²) in [6.45, 7) is 0.166. The van der Waals surface area contributed by atoms with Gasteiger partial charge in [-0.3, -0.25) is 14.9 Å². The first kappa shape index (κ1) is 23.4. The number of phenols is 4. The molecule has 0 heterocycles. The Kier molecular flexibility index (Phi) is 8.09. The fourth-order valence-electron chi connectivity index (χ4n) is 2.76. The Hall–Kier alpha value is -3.92. The van der Waals surface area contributed by atoms with Crippen molar-refractivity contribution in [1.82, 2.24) is 15.1 Å². The van der Waals surface area contributed by atoms with Crippen LogP contribution in [0.5, 0.6) is 23.0 Å². The molecule has 0 aromatic heterocycles. The topological polar surface area (TPSA) is 154 Å². The average Bonchev–Trinajstić information content (AvgIpc) is 2.75. The standard InChI is InChI=1S/C21H25N3O7/c1-23(20(30)14-6-4-8-16(26)18(14)28)13-24(12-22-10-2-3-11-25)21(31)15-7-5-9-17(27)19(15)29/h3-9,11,22,25-29H,2,10,12-13H2,1H3/b11-3+. The number of aromatic hydroxyl groups is 4. The van der Waals surface area contributed by atoms with E-state index in [1.54, 1.807) is 0 Å². The molecule has 2 aromatic carbocycles. The second kappa shape index (κ2) is 10.7. The van der Waals surface area contributed by atoms with E-state index in [-0.39, 0.29) is 24.5 Å². The fourth-order valence-corrected chi connectivity index (χ4v) is 2.76. The molecule has 0 radical (unpaired) electrons. The smallest absolute Gasteiger partial charge is 0.260 e. The third-order valence-electron chi connectivity index (χ3n) is 4.40. The largest absolute Gasteiger partial charge is 0.516 e. The molecule has 2 rings (SSSR count). The molecule has 0 bridgehead atoms. The zero-order valence-corrected chi connectivity index (χ0v) is 16.9. The maximum absolute atomic E-state index is 13.0. The van der Waals surface area contributed by atoms with Gasteiger partial charge in [0.05, 0.1) is 30.7 Å². The highest BCUT2D eigenvalue weighted by Crippen LogP contribution is 2.30. The van der Waals surface area contributed by atoms with E-state index >= 15 is 0 Å². The van der Waals surface area contributed by atoms with E-state index < -0.39 is 34.8 Å². The van der Waals surface area contributed by atoms with Crippen LogP contribution in [0, 0.1) is 0 Å². The maximum atomic E-state index is 13.0. The molecule has 0 aliphatic rings. The number of aliphatic hydroxyl groups is 1. The van der Waals surface area contributed by atoms with E-state index in [1.165, 1.54) is 54.4 Å². The van der Waals surface area contributed by atoms with Crippen molar-refractivity contribution in [2.45, 2.75) is 6.42 Å². The number of amides is 2. The number of carbonyl (C=O) groups is 2. The molecule has 2 amide bonds. The normalized spacial score (nSPS) is 10.9. The highest BCUT2D eigenvalue weighted by atomic mass is 16.3. The van der Waals surface area contributed by atoms with Crippen LogP contribution >= 0.6 is 0 Å². The highest BCUT2D eigenvalue weighted by molar-refractivity contribution is 5.99. The van der Waals surface area contributed by atoms with Crippen LogP contribution in [0.2, 0.25) is 0 Å². The Morgan fingerprint density at radius 2 is 1.48 bits per heavy atom. The molecule has 0 aliphatic heterocycles. The quantitative estimate of drug-likeness (QED) is 0.152. The first-order valence-corrected chi connectivity index (χ1v) is 9.34. The lowest BCUT2D eigenvalue weighted by atomic mass is 10.1. The Balaban J connectivity index is 2.22. The van der Waals surface area contributed by atoms with Gasteiger partial charge in [-0.15, -0.1) is 0 Å².